The SMILES string of the molecule is CC(C)(C)N1C(=O)c2ccc3c4cccc5cccc(c6ccc(c2c36)C1=O)c54. The van der Waals surface area contributed by atoms with Crippen LogP contribution in [0, 0.1) is 0 Å². The van der Waals surface area contributed by atoms with E-state index in [-0.39, 0.29) is 11.8 Å². The van der Waals surface area contributed by atoms with Gasteiger partial charge < -0.3 is 0 Å². The first-order valence-corrected chi connectivity index (χ1v) is 9.89. The van der Waals surface area contributed by atoms with E-state index in [1.807, 2.05) is 45.0 Å². The summed E-state index contributed by atoms with van der Waals surface area (Å²) in [7, 11) is 0. The maximum Gasteiger partial charge on any atom is 0.261 e. The molecule has 0 aliphatic carbocycles. The Morgan fingerprint density at radius 1 is 0.586 bits per heavy atom. The topological polar surface area (TPSA) is 37.4 Å². The van der Waals surface area contributed by atoms with Crippen molar-refractivity contribution in [3.63, 3.8) is 0 Å². The molecule has 0 spiro atoms. The molecule has 0 aromatic heterocycles. The summed E-state index contributed by atoms with van der Waals surface area (Å²) in [6.45, 7) is 5.69. The lowest BCUT2D eigenvalue weighted by atomic mass is 9.84. The van der Waals surface area contributed by atoms with Gasteiger partial charge in [0.05, 0.1) is 0 Å². The van der Waals surface area contributed by atoms with Crippen molar-refractivity contribution in [2.24, 2.45) is 0 Å². The number of carbonyl (C=O) groups excluding carboxylic acids is 2. The van der Waals surface area contributed by atoms with Gasteiger partial charge in [-0.05, 0) is 70.6 Å². The minimum Gasteiger partial charge on any atom is -0.269 e. The second-order valence-corrected chi connectivity index (χ2v) is 8.90. The predicted octanol–water partition coefficient (Wildman–Crippen LogP) is 6.13. The van der Waals surface area contributed by atoms with Gasteiger partial charge in [0.25, 0.3) is 11.8 Å². The summed E-state index contributed by atoms with van der Waals surface area (Å²) in [4.78, 5) is 28.1. The van der Waals surface area contributed by atoms with Crippen LogP contribution in [0.15, 0.2) is 60.7 Å². The molecular formula is C26H19NO2. The smallest absolute Gasteiger partial charge is 0.261 e. The molecule has 6 rings (SSSR count). The molecule has 3 heteroatoms. The summed E-state index contributed by atoms with van der Waals surface area (Å²) in [5, 5.41) is 8.74. The van der Waals surface area contributed by atoms with Gasteiger partial charge in [0, 0.05) is 22.1 Å². The number of nitrogens with zero attached hydrogens (tertiary/aromatic N) is 1. The number of hydrogen-bond donors (Lipinski definition) is 0. The lowest BCUT2D eigenvalue weighted by molar-refractivity contribution is 0.0460. The van der Waals surface area contributed by atoms with Gasteiger partial charge in [-0.2, -0.15) is 0 Å². The largest absolute Gasteiger partial charge is 0.269 e. The van der Waals surface area contributed by atoms with E-state index in [0.717, 1.165) is 32.3 Å². The first kappa shape index (κ1) is 16.5. The van der Waals surface area contributed by atoms with Crippen molar-refractivity contribution >= 4 is 54.9 Å². The molecule has 5 aromatic carbocycles. The van der Waals surface area contributed by atoms with Crippen molar-refractivity contribution in [2.75, 3.05) is 0 Å². The van der Waals surface area contributed by atoms with E-state index in [9.17, 15) is 9.59 Å². The summed E-state index contributed by atoms with van der Waals surface area (Å²) in [6, 6.07) is 20.5. The zero-order valence-electron chi connectivity index (χ0n) is 16.5. The van der Waals surface area contributed by atoms with Gasteiger partial charge in [0.15, 0.2) is 0 Å². The molecule has 29 heavy (non-hydrogen) atoms. The molecule has 1 heterocycles. The number of benzene rings is 5. The van der Waals surface area contributed by atoms with Crippen molar-refractivity contribution in [1.82, 2.24) is 4.90 Å². The van der Waals surface area contributed by atoms with Crippen LogP contribution >= 0.6 is 0 Å². The minimum absolute atomic E-state index is 0.212. The van der Waals surface area contributed by atoms with Crippen molar-refractivity contribution in [3.05, 3.63) is 71.8 Å². The standard InChI is InChI=1S/C26H19NO2/c1-26(2,3)27-24(28)19-12-10-17-15-8-4-6-14-7-5-9-16(21(14)15)18-11-13-20(25(27)29)23(19)22(17)18/h4-13H,1-3H3. The summed E-state index contributed by atoms with van der Waals surface area (Å²) in [5.74, 6) is -0.425. The zero-order valence-corrected chi connectivity index (χ0v) is 16.5. The molecule has 5 aromatic rings. The third-order valence-electron chi connectivity index (χ3n) is 6.18. The maximum atomic E-state index is 13.3. The van der Waals surface area contributed by atoms with E-state index in [1.165, 1.54) is 15.7 Å². The molecule has 0 bridgehead atoms. The molecule has 0 fully saturated rings. The molecular weight excluding hydrogens is 358 g/mol. The number of imide groups is 1. The van der Waals surface area contributed by atoms with Crippen LogP contribution < -0.4 is 0 Å². The summed E-state index contributed by atoms with van der Waals surface area (Å²) < 4.78 is 0. The Hall–Kier alpha value is -3.46. The fraction of sp³-hybridized carbons (Fsp3) is 0.154. The summed E-state index contributed by atoms with van der Waals surface area (Å²) in [5.41, 5.74) is 0.647. The van der Waals surface area contributed by atoms with Crippen LogP contribution in [0.2, 0.25) is 0 Å². The van der Waals surface area contributed by atoms with E-state index >= 15 is 0 Å². The fourth-order valence-electron chi connectivity index (χ4n) is 5.03. The van der Waals surface area contributed by atoms with Crippen molar-refractivity contribution < 1.29 is 9.59 Å². The summed E-state index contributed by atoms with van der Waals surface area (Å²) >= 11 is 0. The van der Waals surface area contributed by atoms with Crippen LogP contribution in [-0.4, -0.2) is 22.3 Å². The highest BCUT2D eigenvalue weighted by atomic mass is 16.2. The van der Waals surface area contributed by atoms with E-state index < -0.39 is 5.54 Å². The van der Waals surface area contributed by atoms with Crippen LogP contribution in [0.1, 0.15) is 41.5 Å². The molecule has 1 aliphatic rings. The molecule has 3 nitrogen and oxygen atoms in total. The van der Waals surface area contributed by atoms with Crippen LogP contribution in [-0.2, 0) is 0 Å². The van der Waals surface area contributed by atoms with E-state index in [2.05, 4.69) is 36.4 Å². The first-order chi connectivity index (χ1) is 13.9. The molecule has 0 saturated carbocycles. The highest BCUT2D eigenvalue weighted by molar-refractivity contribution is 6.38. The van der Waals surface area contributed by atoms with Gasteiger partial charge in [-0.1, -0.05) is 48.5 Å². The van der Waals surface area contributed by atoms with E-state index in [4.69, 9.17) is 0 Å². The Bertz CT molecular complexity index is 1420. The molecule has 0 unspecified atom stereocenters. The van der Waals surface area contributed by atoms with Crippen LogP contribution in [0.5, 0.6) is 0 Å². The lowest BCUT2D eigenvalue weighted by Gasteiger charge is -2.37. The molecule has 0 N–H and O–H groups in total. The predicted molar refractivity (Wildman–Crippen MR) is 118 cm³/mol. The molecule has 1 aliphatic heterocycles. The average molecular weight is 377 g/mol. The van der Waals surface area contributed by atoms with Gasteiger partial charge in [0.1, 0.15) is 0 Å². The first-order valence-electron chi connectivity index (χ1n) is 9.89. The average Bonchev–Trinajstić information content (AvgIpc) is 2.69. The molecule has 0 radical (unpaired) electrons. The maximum absolute atomic E-state index is 13.3. The van der Waals surface area contributed by atoms with Crippen molar-refractivity contribution in [2.45, 2.75) is 26.3 Å². The van der Waals surface area contributed by atoms with Crippen LogP contribution in [0.4, 0.5) is 0 Å². The van der Waals surface area contributed by atoms with Gasteiger partial charge in [0.2, 0.25) is 0 Å². The Labute approximate surface area is 167 Å². The molecule has 140 valence electrons. The zero-order chi connectivity index (χ0) is 20.1. The van der Waals surface area contributed by atoms with Crippen molar-refractivity contribution in [1.29, 1.82) is 0 Å². The highest BCUT2D eigenvalue weighted by Gasteiger charge is 2.39. The van der Waals surface area contributed by atoms with E-state index in [0.29, 0.717) is 11.1 Å². The molecule has 0 saturated heterocycles. The second-order valence-electron chi connectivity index (χ2n) is 8.90. The Morgan fingerprint density at radius 3 is 1.55 bits per heavy atom. The Balaban J connectivity index is 1.87. The van der Waals surface area contributed by atoms with Gasteiger partial charge in [-0.3, -0.25) is 14.5 Å². The van der Waals surface area contributed by atoms with Crippen molar-refractivity contribution in [3.8, 4) is 0 Å². The van der Waals surface area contributed by atoms with Gasteiger partial charge in [-0.15, -0.1) is 0 Å². The van der Waals surface area contributed by atoms with E-state index in [1.54, 1.807) is 0 Å². The minimum atomic E-state index is -0.579. The van der Waals surface area contributed by atoms with Gasteiger partial charge >= 0.3 is 0 Å². The van der Waals surface area contributed by atoms with Gasteiger partial charge in [-0.25, -0.2) is 0 Å². The third kappa shape index (κ3) is 1.92. The number of amides is 2. The second kappa shape index (κ2) is 5.12. The number of fused-ring (bicyclic) bond motifs is 2. The van der Waals surface area contributed by atoms with Crippen LogP contribution in [0.25, 0.3) is 43.1 Å². The number of carbonyl (C=O) groups is 2. The monoisotopic (exact) mass is 377 g/mol. The fourth-order valence-corrected chi connectivity index (χ4v) is 5.03. The summed E-state index contributed by atoms with van der Waals surface area (Å²) in [6.07, 6.45) is 0. The van der Waals surface area contributed by atoms with Crippen LogP contribution in [0.3, 0.4) is 0 Å². The third-order valence-corrected chi connectivity index (χ3v) is 6.18. The quantitative estimate of drug-likeness (QED) is 0.185. The highest BCUT2D eigenvalue weighted by Crippen LogP contribution is 2.44. The molecule has 2 amide bonds. The Kier molecular flexibility index (Phi) is 2.91. The Morgan fingerprint density at radius 2 is 1.07 bits per heavy atom. The number of rotatable bonds is 0. The lowest BCUT2D eigenvalue weighted by Crippen LogP contribution is -2.51. The molecule has 0 atom stereocenters. The number of hydrogen-bond acceptors (Lipinski definition) is 2. The normalized spacial score (nSPS) is 14.8.